The van der Waals surface area contributed by atoms with Crippen LogP contribution in [0.1, 0.15) is 43.0 Å². The summed E-state index contributed by atoms with van der Waals surface area (Å²) in [6.45, 7) is 14.2. The zero-order valence-electron chi connectivity index (χ0n) is 14.1. The van der Waals surface area contributed by atoms with E-state index in [2.05, 4.69) is 55.7 Å². The number of hydrogen-bond acceptors (Lipinski definition) is 3. The molecule has 1 aliphatic heterocycles. The maximum absolute atomic E-state index is 6.11. The van der Waals surface area contributed by atoms with Crippen LogP contribution in [0.3, 0.4) is 0 Å². The van der Waals surface area contributed by atoms with Gasteiger partial charge in [0.2, 0.25) is 0 Å². The first-order valence-corrected chi connectivity index (χ1v) is 8.32. The van der Waals surface area contributed by atoms with Gasteiger partial charge in [-0.3, -0.25) is 9.80 Å². The molecule has 2 atom stereocenters. The number of nitrogens with zero attached hydrogens (tertiary/aromatic N) is 2. The molecule has 0 saturated carbocycles. The van der Waals surface area contributed by atoms with Crippen molar-refractivity contribution in [2.75, 3.05) is 32.7 Å². The summed E-state index contributed by atoms with van der Waals surface area (Å²) in [7, 11) is 0. The van der Waals surface area contributed by atoms with Gasteiger partial charge >= 0.3 is 0 Å². The van der Waals surface area contributed by atoms with Crippen LogP contribution in [-0.4, -0.2) is 48.6 Å². The van der Waals surface area contributed by atoms with E-state index in [0.29, 0.717) is 18.6 Å². The summed E-state index contributed by atoms with van der Waals surface area (Å²) in [6.07, 6.45) is 1.23. The van der Waals surface area contributed by atoms with Gasteiger partial charge in [-0.05, 0) is 38.3 Å². The molecule has 3 nitrogen and oxygen atoms in total. The lowest BCUT2D eigenvalue weighted by Gasteiger charge is -2.41. The number of nitrogens with two attached hydrogens (primary N) is 1. The molecule has 2 N–H and O–H groups in total. The van der Waals surface area contributed by atoms with Gasteiger partial charge in [0, 0.05) is 44.8 Å². The summed E-state index contributed by atoms with van der Waals surface area (Å²) in [6, 6.07) is 7.81. The molecule has 0 aromatic heterocycles. The highest BCUT2D eigenvalue weighted by Gasteiger charge is 2.26. The second-order valence-corrected chi connectivity index (χ2v) is 6.44. The predicted octanol–water partition coefficient (Wildman–Crippen LogP) is 2.72. The molecule has 2 rings (SSSR count). The summed E-state index contributed by atoms with van der Waals surface area (Å²) >= 11 is 0. The second kappa shape index (κ2) is 7.39. The molecule has 21 heavy (non-hydrogen) atoms. The van der Waals surface area contributed by atoms with Gasteiger partial charge in [0.25, 0.3) is 0 Å². The SMILES string of the molecule is CCC(C)N1CCN(C(CN)c2ccc(C)cc2C)CC1. The molecule has 0 amide bonds. The maximum Gasteiger partial charge on any atom is 0.0474 e. The monoisotopic (exact) mass is 289 g/mol. The van der Waals surface area contributed by atoms with Gasteiger partial charge in [-0.1, -0.05) is 30.7 Å². The number of hydrogen-bond donors (Lipinski definition) is 1. The number of piperazine rings is 1. The van der Waals surface area contributed by atoms with Gasteiger partial charge in [-0.15, -0.1) is 0 Å². The van der Waals surface area contributed by atoms with E-state index >= 15 is 0 Å². The number of aryl methyl sites for hydroxylation is 2. The quantitative estimate of drug-likeness (QED) is 0.904. The topological polar surface area (TPSA) is 32.5 Å². The van der Waals surface area contributed by atoms with Crippen LogP contribution in [0.25, 0.3) is 0 Å². The molecular weight excluding hydrogens is 258 g/mol. The third kappa shape index (κ3) is 3.85. The molecule has 1 heterocycles. The van der Waals surface area contributed by atoms with Crippen LogP contribution in [0.5, 0.6) is 0 Å². The summed E-state index contributed by atoms with van der Waals surface area (Å²) in [4.78, 5) is 5.17. The summed E-state index contributed by atoms with van der Waals surface area (Å²) in [5.74, 6) is 0. The zero-order chi connectivity index (χ0) is 15.4. The van der Waals surface area contributed by atoms with Crippen molar-refractivity contribution in [1.82, 2.24) is 9.80 Å². The van der Waals surface area contributed by atoms with Crippen LogP contribution in [0.4, 0.5) is 0 Å². The van der Waals surface area contributed by atoms with Gasteiger partial charge in [0.1, 0.15) is 0 Å². The van der Waals surface area contributed by atoms with Gasteiger partial charge in [0.15, 0.2) is 0 Å². The Morgan fingerprint density at radius 2 is 1.71 bits per heavy atom. The zero-order valence-corrected chi connectivity index (χ0v) is 14.1. The molecular formula is C18H31N3. The minimum absolute atomic E-state index is 0.365. The lowest BCUT2D eigenvalue weighted by Crippen LogP contribution is -2.51. The maximum atomic E-state index is 6.11. The van der Waals surface area contributed by atoms with Crippen LogP contribution < -0.4 is 5.73 Å². The van der Waals surface area contributed by atoms with Crippen molar-refractivity contribution in [3.63, 3.8) is 0 Å². The van der Waals surface area contributed by atoms with E-state index in [1.165, 1.54) is 23.1 Å². The van der Waals surface area contributed by atoms with Crippen LogP contribution in [0, 0.1) is 13.8 Å². The van der Waals surface area contributed by atoms with Gasteiger partial charge in [-0.25, -0.2) is 0 Å². The van der Waals surface area contributed by atoms with E-state index in [1.807, 2.05) is 0 Å². The van der Waals surface area contributed by atoms with Crippen molar-refractivity contribution >= 4 is 0 Å². The minimum atomic E-state index is 0.365. The number of rotatable bonds is 5. The highest BCUT2D eigenvalue weighted by molar-refractivity contribution is 5.33. The highest BCUT2D eigenvalue weighted by atomic mass is 15.3. The first kappa shape index (κ1) is 16.5. The van der Waals surface area contributed by atoms with Crippen LogP contribution >= 0.6 is 0 Å². The molecule has 1 aliphatic rings. The van der Waals surface area contributed by atoms with Crippen LogP contribution in [-0.2, 0) is 0 Å². The Morgan fingerprint density at radius 1 is 1.10 bits per heavy atom. The predicted molar refractivity (Wildman–Crippen MR) is 90.6 cm³/mol. The Morgan fingerprint density at radius 3 is 2.24 bits per heavy atom. The molecule has 0 radical (unpaired) electrons. The summed E-state index contributed by atoms with van der Waals surface area (Å²) in [5.41, 5.74) is 10.2. The lowest BCUT2D eigenvalue weighted by atomic mass is 9.97. The number of benzene rings is 1. The van der Waals surface area contributed by atoms with Crippen molar-refractivity contribution in [2.24, 2.45) is 5.73 Å². The Labute approximate surface area is 130 Å². The average Bonchev–Trinajstić information content (AvgIpc) is 2.50. The van der Waals surface area contributed by atoms with Crippen molar-refractivity contribution in [1.29, 1.82) is 0 Å². The average molecular weight is 289 g/mol. The minimum Gasteiger partial charge on any atom is -0.329 e. The van der Waals surface area contributed by atoms with Gasteiger partial charge in [-0.2, -0.15) is 0 Å². The molecule has 1 aromatic rings. The van der Waals surface area contributed by atoms with Crippen LogP contribution in [0.15, 0.2) is 18.2 Å². The lowest BCUT2D eigenvalue weighted by molar-refractivity contribution is 0.0742. The molecule has 1 aromatic carbocycles. The van der Waals surface area contributed by atoms with E-state index < -0.39 is 0 Å². The third-order valence-corrected chi connectivity index (χ3v) is 5.01. The normalized spacial score (nSPS) is 20.4. The molecule has 0 aliphatic carbocycles. The van der Waals surface area contributed by atoms with Gasteiger partial charge < -0.3 is 5.73 Å². The van der Waals surface area contributed by atoms with Crippen molar-refractivity contribution in [3.8, 4) is 0 Å². The molecule has 0 bridgehead atoms. The van der Waals surface area contributed by atoms with E-state index in [4.69, 9.17) is 5.73 Å². The largest absolute Gasteiger partial charge is 0.329 e. The summed E-state index contributed by atoms with van der Waals surface area (Å²) in [5, 5.41) is 0. The third-order valence-electron chi connectivity index (χ3n) is 5.01. The highest BCUT2D eigenvalue weighted by Crippen LogP contribution is 2.25. The second-order valence-electron chi connectivity index (χ2n) is 6.44. The Bertz CT molecular complexity index is 450. The van der Waals surface area contributed by atoms with E-state index in [1.54, 1.807) is 0 Å². The smallest absolute Gasteiger partial charge is 0.0474 e. The van der Waals surface area contributed by atoms with Crippen molar-refractivity contribution in [3.05, 3.63) is 34.9 Å². The van der Waals surface area contributed by atoms with Crippen molar-refractivity contribution in [2.45, 2.75) is 46.2 Å². The summed E-state index contributed by atoms with van der Waals surface area (Å²) < 4.78 is 0. The van der Waals surface area contributed by atoms with E-state index in [0.717, 1.165) is 26.2 Å². The fourth-order valence-electron chi connectivity index (χ4n) is 3.42. The first-order chi connectivity index (χ1) is 10.1. The first-order valence-electron chi connectivity index (χ1n) is 8.32. The standard InChI is InChI=1S/C18H31N3/c1-5-16(4)20-8-10-21(11-9-20)18(13-19)17-7-6-14(2)12-15(17)3/h6-7,12,16,18H,5,8-11,13,19H2,1-4H3. The molecule has 1 saturated heterocycles. The molecule has 0 spiro atoms. The van der Waals surface area contributed by atoms with E-state index in [-0.39, 0.29) is 0 Å². The molecule has 118 valence electrons. The Hall–Kier alpha value is -0.900. The molecule has 2 unspecified atom stereocenters. The Balaban J connectivity index is 2.06. The fraction of sp³-hybridized carbons (Fsp3) is 0.667. The van der Waals surface area contributed by atoms with Crippen molar-refractivity contribution < 1.29 is 0 Å². The fourth-order valence-corrected chi connectivity index (χ4v) is 3.42. The van der Waals surface area contributed by atoms with E-state index in [9.17, 15) is 0 Å². The molecule has 1 fully saturated rings. The van der Waals surface area contributed by atoms with Crippen LogP contribution in [0.2, 0.25) is 0 Å². The molecule has 3 heteroatoms. The Kier molecular flexibility index (Phi) is 5.80. The van der Waals surface area contributed by atoms with Gasteiger partial charge in [0.05, 0.1) is 0 Å².